The van der Waals surface area contributed by atoms with Crippen LogP contribution in [0, 0.1) is 6.92 Å². The molecule has 0 unspecified atom stereocenters. The minimum Gasteiger partial charge on any atom is -0.310 e. The highest BCUT2D eigenvalue weighted by Gasteiger charge is 2.23. The van der Waals surface area contributed by atoms with E-state index in [1.54, 1.807) is 0 Å². The van der Waals surface area contributed by atoms with Crippen LogP contribution in [0.15, 0.2) is 206 Å². The van der Waals surface area contributed by atoms with Crippen molar-refractivity contribution < 1.29 is 0 Å². The van der Waals surface area contributed by atoms with Gasteiger partial charge < -0.3 is 4.90 Å². The second-order valence-corrected chi connectivity index (χ2v) is 14.1. The van der Waals surface area contributed by atoms with Gasteiger partial charge in [0.05, 0.1) is 5.69 Å². The number of aryl methyl sites for hydroxylation is 1. The Morgan fingerprint density at radius 3 is 1.57 bits per heavy atom. The van der Waals surface area contributed by atoms with Gasteiger partial charge in [-0.2, -0.15) is 0 Å². The van der Waals surface area contributed by atoms with Gasteiger partial charge in [0.15, 0.2) is 0 Å². The van der Waals surface area contributed by atoms with Gasteiger partial charge in [-0.25, -0.2) is 0 Å². The molecule has 0 bridgehead atoms. The highest BCUT2D eigenvalue weighted by atomic mass is 15.1. The van der Waals surface area contributed by atoms with Gasteiger partial charge in [-0.05, 0) is 114 Å². The summed E-state index contributed by atoms with van der Waals surface area (Å²) < 4.78 is 0. The maximum Gasteiger partial charge on any atom is 0.0540 e. The summed E-state index contributed by atoms with van der Waals surface area (Å²) in [5.74, 6) is 0. The van der Waals surface area contributed by atoms with E-state index in [0.717, 1.165) is 17.1 Å². The lowest BCUT2D eigenvalue weighted by molar-refractivity contribution is 1.29. The Balaban J connectivity index is 1.36. The molecule has 254 valence electrons. The summed E-state index contributed by atoms with van der Waals surface area (Å²) in [6.07, 6.45) is 0. The number of anilines is 3. The average Bonchev–Trinajstić information content (AvgIpc) is 3.25. The molecule has 10 aromatic rings. The Morgan fingerprint density at radius 2 is 0.870 bits per heavy atom. The molecule has 10 aromatic carbocycles. The quantitative estimate of drug-likeness (QED) is 0.157. The summed E-state index contributed by atoms with van der Waals surface area (Å²) in [5.41, 5.74) is 12.0. The molecule has 0 heterocycles. The van der Waals surface area contributed by atoms with E-state index in [2.05, 4.69) is 218 Å². The topological polar surface area (TPSA) is 3.24 Å². The van der Waals surface area contributed by atoms with Crippen LogP contribution >= 0.6 is 0 Å². The number of hydrogen-bond acceptors (Lipinski definition) is 1. The zero-order chi connectivity index (χ0) is 36.0. The largest absolute Gasteiger partial charge is 0.310 e. The number of benzene rings is 10. The van der Waals surface area contributed by atoms with Crippen molar-refractivity contribution in [1.82, 2.24) is 0 Å². The number of nitrogens with zero attached hydrogens (tertiary/aromatic N) is 1. The van der Waals surface area contributed by atoms with E-state index < -0.39 is 0 Å². The monoisotopic (exact) mass is 687 g/mol. The van der Waals surface area contributed by atoms with E-state index in [-0.39, 0.29) is 0 Å². The Labute approximate surface area is 316 Å². The molecular formula is C53H37N. The van der Waals surface area contributed by atoms with Gasteiger partial charge in [0.25, 0.3) is 0 Å². The van der Waals surface area contributed by atoms with Gasteiger partial charge in [-0.3, -0.25) is 0 Å². The van der Waals surface area contributed by atoms with Crippen molar-refractivity contribution in [2.75, 3.05) is 4.90 Å². The zero-order valence-electron chi connectivity index (χ0n) is 30.1. The average molecular weight is 688 g/mol. The molecule has 10 rings (SSSR count). The summed E-state index contributed by atoms with van der Waals surface area (Å²) in [6, 6.07) is 75.5. The standard InChI is InChI=1S/C53H37N/c1-36-28-30-41(31-29-36)54(50-27-15-23-37-20-11-12-24-43(37)50)42-32-33-46-49(34-42)44-25-13-14-26-45(44)53-51(40-21-9-4-10-22-40)47(38-16-5-2-6-17-38)35-48(52(46)53)39-18-7-3-8-19-39/h2-35H,1H3. The maximum atomic E-state index is 2.44. The minimum absolute atomic E-state index is 1.12. The first-order valence-electron chi connectivity index (χ1n) is 18.7. The predicted molar refractivity (Wildman–Crippen MR) is 232 cm³/mol. The van der Waals surface area contributed by atoms with Gasteiger partial charge in [-0.15, -0.1) is 0 Å². The van der Waals surface area contributed by atoms with E-state index in [9.17, 15) is 0 Å². The molecule has 0 spiro atoms. The van der Waals surface area contributed by atoms with Crippen LogP contribution in [-0.4, -0.2) is 0 Å². The number of rotatable bonds is 6. The van der Waals surface area contributed by atoms with E-state index in [0.29, 0.717) is 0 Å². The molecule has 1 heteroatoms. The van der Waals surface area contributed by atoms with Crippen molar-refractivity contribution in [2.24, 2.45) is 0 Å². The predicted octanol–water partition coefficient (Wildman–Crippen LogP) is 15.1. The molecular weight excluding hydrogens is 651 g/mol. The van der Waals surface area contributed by atoms with Crippen LogP contribution in [0.4, 0.5) is 17.1 Å². The van der Waals surface area contributed by atoms with Crippen LogP contribution in [0.2, 0.25) is 0 Å². The summed E-state index contributed by atoms with van der Waals surface area (Å²) >= 11 is 0. The summed E-state index contributed by atoms with van der Waals surface area (Å²) in [4.78, 5) is 2.42. The molecule has 0 N–H and O–H groups in total. The van der Waals surface area contributed by atoms with Crippen molar-refractivity contribution in [3.8, 4) is 33.4 Å². The van der Waals surface area contributed by atoms with Gasteiger partial charge in [0.2, 0.25) is 0 Å². The lowest BCUT2D eigenvalue weighted by Crippen LogP contribution is -2.10. The molecule has 1 nitrogen and oxygen atoms in total. The molecule has 0 saturated heterocycles. The second-order valence-electron chi connectivity index (χ2n) is 14.1. The van der Waals surface area contributed by atoms with Crippen molar-refractivity contribution in [3.63, 3.8) is 0 Å². The minimum atomic E-state index is 1.12. The van der Waals surface area contributed by atoms with Crippen molar-refractivity contribution in [2.45, 2.75) is 6.92 Å². The molecule has 0 saturated carbocycles. The van der Waals surface area contributed by atoms with Crippen LogP contribution in [0.25, 0.3) is 76.5 Å². The summed E-state index contributed by atoms with van der Waals surface area (Å²) in [5, 5.41) is 9.95. The molecule has 0 amide bonds. The normalized spacial score (nSPS) is 11.4. The Bertz CT molecular complexity index is 2960. The van der Waals surface area contributed by atoms with Crippen LogP contribution < -0.4 is 4.90 Å². The Kier molecular flexibility index (Phi) is 7.78. The molecule has 0 atom stereocenters. The fraction of sp³-hybridized carbons (Fsp3) is 0.0189. The highest BCUT2D eigenvalue weighted by Crippen LogP contribution is 2.50. The van der Waals surface area contributed by atoms with Crippen LogP contribution in [0.1, 0.15) is 5.56 Å². The summed E-state index contributed by atoms with van der Waals surface area (Å²) in [7, 11) is 0. The first kappa shape index (κ1) is 31.7. The maximum absolute atomic E-state index is 2.44. The first-order valence-corrected chi connectivity index (χ1v) is 18.7. The smallest absolute Gasteiger partial charge is 0.0540 e. The third kappa shape index (κ3) is 5.33. The van der Waals surface area contributed by atoms with Crippen LogP contribution in [0.3, 0.4) is 0 Å². The van der Waals surface area contributed by atoms with E-state index >= 15 is 0 Å². The van der Waals surface area contributed by atoms with Crippen LogP contribution in [-0.2, 0) is 0 Å². The molecule has 0 aliphatic rings. The fourth-order valence-electron chi connectivity index (χ4n) is 8.40. The first-order chi connectivity index (χ1) is 26.7. The fourth-order valence-corrected chi connectivity index (χ4v) is 8.40. The van der Waals surface area contributed by atoms with Crippen LogP contribution in [0.5, 0.6) is 0 Å². The second kappa shape index (κ2) is 13.2. The van der Waals surface area contributed by atoms with Gasteiger partial charge >= 0.3 is 0 Å². The third-order valence-corrected chi connectivity index (χ3v) is 10.9. The molecule has 0 aliphatic carbocycles. The molecule has 0 aromatic heterocycles. The van der Waals surface area contributed by atoms with Gasteiger partial charge in [-0.1, -0.05) is 175 Å². The van der Waals surface area contributed by atoms with E-state index in [1.807, 2.05) is 0 Å². The lowest BCUT2D eigenvalue weighted by Gasteiger charge is -2.28. The zero-order valence-corrected chi connectivity index (χ0v) is 30.1. The molecule has 0 fully saturated rings. The number of fused-ring (bicyclic) bond motifs is 7. The number of hydrogen-bond donors (Lipinski definition) is 0. The summed E-state index contributed by atoms with van der Waals surface area (Å²) in [6.45, 7) is 2.15. The SMILES string of the molecule is Cc1ccc(N(c2ccc3c(c2)c2ccccc2c2c(-c4ccccc4)c(-c4ccccc4)cc(-c4ccccc4)c32)c2cccc3ccccc23)cc1. The lowest BCUT2D eigenvalue weighted by atomic mass is 9.81. The molecule has 54 heavy (non-hydrogen) atoms. The van der Waals surface area contributed by atoms with Crippen molar-refractivity contribution in [1.29, 1.82) is 0 Å². The highest BCUT2D eigenvalue weighted by molar-refractivity contribution is 6.33. The Hall–Kier alpha value is -6.96. The molecule has 0 aliphatic heterocycles. The Morgan fingerprint density at radius 1 is 0.333 bits per heavy atom. The third-order valence-electron chi connectivity index (χ3n) is 10.9. The van der Waals surface area contributed by atoms with E-state index in [1.165, 1.54) is 82.0 Å². The van der Waals surface area contributed by atoms with Gasteiger partial charge in [0.1, 0.15) is 0 Å². The van der Waals surface area contributed by atoms with Crippen molar-refractivity contribution >= 4 is 60.2 Å². The molecule has 0 radical (unpaired) electrons. The van der Waals surface area contributed by atoms with Crippen molar-refractivity contribution in [3.05, 3.63) is 212 Å². The van der Waals surface area contributed by atoms with E-state index in [4.69, 9.17) is 0 Å². The van der Waals surface area contributed by atoms with Gasteiger partial charge in [0, 0.05) is 16.8 Å².